The molecule has 0 bridgehead atoms. The van der Waals surface area contributed by atoms with Gasteiger partial charge < -0.3 is 19.1 Å². The van der Waals surface area contributed by atoms with E-state index in [2.05, 4.69) is 25.8 Å². The van der Waals surface area contributed by atoms with Crippen LogP contribution in [0.5, 0.6) is 0 Å². The molecule has 1 fully saturated rings. The highest BCUT2D eigenvalue weighted by Crippen LogP contribution is 2.47. The smallest absolute Gasteiger partial charge is 0.410 e. The fourth-order valence-electron chi connectivity index (χ4n) is 3.24. The van der Waals surface area contributed by atoms with Gasteiger partial charge in [0.2, 0.25) is 5.69 Å². The van der Waals surface area contributed by atoms with Crippen LogP contribution in [0.1, 0.15) is 53.9 Å². The van der Waals surface area contributed by atoms with Crippen molar-refractivity contribution in [2.75, 3.05) is 13.2 Å². The van der Waals surface area contributed by atoms with Crippen LogP contribution in [0.2, 0.25) is 0 Å². The molecule has 1 N–H and O–H groups in total. The highest BCUT2D eigenvalue weighted by molar-refractivity contribution is 8.59. The lowest BCUT2D eigenvalue weighted by Gasteiger charge is -2.42. The van der Waals surface area contributed by atoms with Crippen LogP contribution in [0.4, 0.5) is 4.79 Å². The molecular weight excluding hydrogens is 377 g/mol. The minimum absolute atomic E-state index is 0.0103. The van der Waals surface area contributed by atoms with Crippen molar-refractivity contribution in [1.29, 1.82) is 0 Å². The average Bonchev–Trinajstić information content (AvgIpc) is 2.39. The van der Waals surface area contributed by atoms with Gasteiger partial charge in [0.1, 0.15) is 5.60 Å². The monoisotopic (exact) mass is 409 g/mol. The second-order valence-electron chi connectivity index (χ2n) is 7.94. The maximum absolute atomic E-state index is 12.8. The summed E-state index contributed by atoms with van der Waals surface area (Å²) in [7, 11) is 0. The quantitative estimate of drug-likeness (QED) is 0.376. The standard InChI is InChI=1S/C17H32NO4PS2/c1-12(2)14-8-7-13(3)11-15(14)18(9-10-21-23(20,24)25)16(19)22-17(4,5)6/h13-15H,1,7-11H2,2-6H3,(H2,20,24,25). The van der Waals surface area contributed by atoms with Gasteiger partial charge in [0.15, 0.2) is 0 Å². The van der Waals surface area contributed by atoms with Crippen LogP contribution in [0, 0.1) is 11.8 Å². The van der Waals surface area contributed by atoms with Gasteiger partial charge in [0.25, 0.3) is 0 Å². The first-order valence-corrected chi connectivity index (χ1v) is 12.5. The number of rotatable bonds is 6. The number of thiol groups is 1. The fourth-order valence-corrected chi connectivity index (χ4v) is 4.03. The predicted octanol–water partition coefficient (Wildman–Crippen LogP) is 4.77. The Labute approximate surface area is 162 Å². The lowest BCUT2D eigenvalue weighted by Crippen LogP contribution is -2.50. The summed E-state index contributed by atoms with van der Waals surface area (Å²) in [6, 6.07) is 0.0103. The molecule has 0 spiro atoms. The van der Waals surface area contributed by atoms with Gasteiger partial charge >= 0.3 is 6.09 Å². The summed E-state index contributed by atoms with van der Waals surface area (Å²) in [4.78, 5) is 24.1. The molecule has 1 amide bonds. The molecule has 4 unspecified atom stereocenters. The van der Waals surface area contributed by atoms with Gasteiger partial charge in [-0.1, -0.05) is 31.3 Å². The van der Waals surface area contributed by atoms with Crippen LogP contribution in [0.3, 0.4) is 0 Å². The molecule has 146 valence electrons. The van der Waals surface area contributed by atoms with Gasteiger partial charge in [-0.25, -0.2) is 4.79 Å². The van der Waals surface area contributed by atoms with Crippen molar-refractivity contribution in [2.24, 2.45) is 11.8 Å². The molecule has 0 aromatic heterocycles. The van der Waals surface area contributed by atoms with E-state index in [0.717, 1.165) is 24.8 Å². The van der Waals surface area contributed by atoms with E-state index in [1.165, 1.54) is 0 Å². The van der Waals surface area contributed by atoms with E-state index in [1.807, 2.05) is 27.7 Å². The highest BCUT2D eigenvalue weighted by Gasteiger charge is 2.37. The van der Waals surface area contributed by atoms with Gasteiger partial charge in [-0.3, -0.25) is 0 Å². The second kappa shape index (κ2) is 9.23. The van der Waals surface area contributed by atoms with Crippen LogP contribution in [-0.2, 0) is 21.1 Å². The lowest BCUT2D eigenvalue weighted by molar-refractivity contribution is 0.000304. The Morgan fingerprint density at radius 3 is 2.52 bits per heavy atom. The molecular formula is C17H32NO4PS2. The maximum atomic E-state index is 12.8. The summed E-state index contributed by atoms with van der Waals surface area (Å²) >= 11 is 8.67. The molecule has 0 aromatic rings. The molecule has 8 heteroatoms. The molecule has 1 rings (SSSR count). The summed E-state index contributed by atoms with van der Waals surface area (Å²) in [5.41, 5.74) is -2.55. The zero-order valence-corrected chi connectivity index (χ0v) is 18.5. The molecule has 25 heavy (non-hydrogen) atoms. The van der Waals surface area contributed by atoms with Gasteiger partial charge in [0, 0.05) is 12.6 Å². The van der Waals surface area contributed by atoms with Crippen LogP contribution in [-0.4, -0.2) is 40.7 Å². The Morgan fingerprint density at radius 1 is 1.44 bits per heavy atom. The number of ether oxygens (including phenoxy) is 1. The zero-order chi connectivity index (χ0) is 19.4. The number of amides is 1. The molecule has 0 radical (unpaired) electrons. The third-order valence-corrected chi connectivity index (χ3v) is 5.51. The maximum Gasteiger partial charge on any atom is 0.410 e. The van der Waals surface area contributed by atoms with E-state index >= 15 is 0 Å². The second-order valence-corrected chi connectivity index (χ2v) is 13.1. The third kappa shape index (κ3) is 8.44. The summed E-state index contributed by atoms with van der Waals surface area (Å²) < 4.78 is 10.8. The Bertz CT molecular complexity index is 529. The van der Waals surface area contributed by atoms with Gasteiger partial charge in [-0.2, -0.15) is 0 Å². The summed E-state index contributed by atoms with van der Waals surface area (Å²) in [5.74, 6) is 0.761. The number of hydrogen-bond donors (Lipinski definition) is 2. The first-order chi connectivity index (χ1) is 11.3. The molecule has 0 heterocycles. The first-order valence-electron chi connectivity index (χ1n) is 8.65. The molecule has 5 nitrogen and oxygen atoms in total. The lowest BCUT2D eigenvalue weighted by atomic mass is 9.75. The van der Waals surface area contributed by atoms with Crippen molar-refractivity contribution in [2.45, 2.75) is 65.5 Å². The van der Waals surface area contributed by atoms with E-state index in [9.17, 15) is 9.69 Å². The van der Waals surface area contributed by atoms with Gasteiger partial charge in [-0.15, -0.1) is 0 Å². The van der Waals surface area contributed by atoms with Crippen molar-refractivity contribution >= 4 is 35.8 Å². The molecule has 4 atom stereocenters. The summed E-state index contributed by atoms with van der Waals surface area (Å²) in [6.07, 6.45) is 2.66. The van der Waals surface area contributed by atoms with E-state index in [1.54, 1.807) is 4.90 Å². The highest BCUT2D eigenvalue weighted by atomic mass is 32.9. The number of hydrogen-bond acceptors (Lipinski definition) is 4. The largest absolute Gasteiger partial charge is 0.444 e. The van der Waals surface area contributed by atoms with Crippen molar-refractivity contribution in [3.63, 3.8) is 0 Å². The molecule has 0 aromatic carbocycles. The summed E-state index contributed by atoms with van der Waals surface area (Å²) in [6.45, 7) is 14.3. The first kappa shape index (κ1) is 23.0. The topological polar surface area (TPSA) is 59.0 Å². The minimum atomic E-state index is -3.05. The van der Waals surface area contributed by atoms with Gasteiger partial charge in [0.05, 0.1) is 6.61 Å². The van der Waals surface area contributed by atoms with Crippen molar-refractivity contribution in [3.05, 3.63) is 12.2 Å². The van der Waals surface area contributed by atoms with Gasteiger partial charge in [-0.05, 0) is 70.6 Å². The Morgan fingerprint density at radius 2 is 2.04 bits per heavy atom. The van der Waals surface area contributed by atoms with E-state index in [0.29, 0.717) is 12.5 Å². The Hall–Kier alpha value is -0.0700. The van der Waals surface area contributed by atoms with Crippen LogP contribution in [0.15, 0.2) is 12.2 Å². The number of carbonyl (C=O) groups is 1. The van der Waals surface area contributed by atoms with E-state index in [-0.39, 0.29) is 24.7 Å². The third-order valence-electron chi connectivity index (χ3n) is 4.33. The Kier molecular flexibility index (Phi) is 8.48. The van der Waals surface area contributed by atoms with Crippen LogP contribution < -0.4 is 0 Å². The molecule has 1 aliphatic carbocycles. The predicted molar refractivity (Wildman–Crippen MR) is 109 cm³/mol. The minimum Gasteiger partial charge on any atom is -0.444 e. The zero-order valence-electron chi connectivity index (χ0n) is 15.9. The number of carbonyl (C=O) groups excluding carboxylic acids is 1. The SMILES string of the molecule is C=C(C)C1CCC(C)CC1N(CCOP(O)(=S)S)C(=O)OC(C)(C)C. The molecule has 0 saturated heterocycles. The van der Waals surface area contributed by atoms with Crippen LogP contribution >= 0.6 is 17.9 Å². The number of nitrogens with zero attached hydrogens (tertiary/aromatic N) is 1. The van der Waals surface area contributed by atoms with Crippen molar-refractivity contribution in [3.8, 4) is 0 Å². The van der Waals surface area contributed by atoms with Crippen molar-refractivity contribution < 1.29 is 18.9 Å². The van der Waals surface area contributed by atoms with E-state index < -0.39 is 11.3 Å². The van der Waals surface area contributed by atoms with Crippen molar-refractivity contribution in [1.82, 2.24) is 4.90 Å². The summed E-state index contributed by atoms with van der Waals surface area (Å²) in [5, 5.41) is 0. The molecule has 0 aliphatic heterocycles. The molecule has 1 aliphatic rings. The normalized spacial score (nSPS) is 26.6. The van der Waals surface area contributed by atoms with E-state index in [4.69, 9.17) is 21.1 Å². The fraction of sp³-hybridized carbons (Fsp3) is 0.824. The average molecular weight is 410 g/mol. The van der Waals surface area contributed by atoms with Crippen LogP contribution in [0.25, 0.3) is 0 Å². The molecule has 1 saturated carbocycles. The Balaban J connectivity index is 2.98.